The second-order valence-electron chi connectivity index (χ2n) is 5.96. The minimum absolute atomic E-state index is 0.125. The van der Waals surface area contributed by atoms with E-state index in [1.807, 2.05) is 38.3 Å². The van der Waals surface area contributed by atoms with Gasteiger partial charge >= 0.3 is 0 Å². The Morgan fingerprint density at radius 2 is 2.00 bits per heavy atom. The maximum absolute atomic E-state index is 12.3. The highest BCUT2D eigenvalue weighted by Gasteiger charge is 2.13. The summed E-state index contributed by atoms with van der Waals surface area (Å²) >= 11 is 1.36. The number of hydrogen-bond donors (Lipinski definition) is 1. The number of benzene rings is 1. The maximum atomic E-state index is 12.3. The zero-order valence-electron chi connectivity index (χ0n) is 13.9. The molecule has 126 valence electrons. The first kappa shape index (κ1) is 16.7. The topological polar surface area (TPSA) is 64.3 Å². The molecule has 3 rings (SSSR count). The number of nitrogens with zero attached hydrogens (tertiary/aromatic N) is 2. The largest absolute Gasteiger partial charge is 0.490 e. The van der Waals surface area contributed by atoms with Crippen LogP contribution in [0.3, 0.4) is 0 Å². The Hall–Kier alpha value is -2.18. The summed E-state index contributed by atoms with van der Waals surface area (Å²) in [6, 6.07) is 5.87. The third-order valence-corrected chi connectivity index (χ3v) is 5.03. The summed E-state index contributed by atoms with van der Waals surface area (Å²) in [6.45, 7) is 6.29. The first-order chi connectivity index (χ1) is 11.5. The van der Waals surface area contributed by atoms with Gasteiger partial charge in [0.1, 0.15) is 23.2 Å². The van der Waals surface area contributed by atoms with Gasteiger partial charge in [0.2, 0.25) is 0 Å². The molecule has 0 aliphatic carbocycles. The molecule has 0 bridgehead atoms. The molecule has 0 saturated heterocycles. The Labute approximate surface area is 144 Å². The van der Waals surface area contributed by atoms with Crippen molar-refractivity contribution in [2.75, 3.05) is 6.61 Å². The minimum atomic E-state index is -0.791. The van der Waals surface area contributed by atoms with Crippen LogP contribution in [-0.2, 0) is 6.54 Å². The Morgan fingerprint density at radius 1 is 1.25 bits per heavy atom. The number of hydrogen-bond acceptors (Lipinski definition) is 5. The van der Waals surface area contributed by atoms with Gasteiger partial charge in [-0.2, -0.15) is 0 Å². The average molecular weight is 344 g/mol. The highest BCUT2D eigenvalue weighted by molar-refractivity contribution is 7.17. The highest BCUT2D eigenvalue weighted by Crippen LogP contribution is 2.25. The quantitative estimate of drug-likeness (QED) is 0.773. The molecule has 0 radical (unpaired) electrons. The third kappa shape index (κ3) is 3.20. The number of ether oxygens (including phenoxy) is 1. The molecule has 0 spiro atoms. The molecule has 24 heavy (non-hydrogen) atoms. The summed E-state index contributed by atoms with van der Waals surface area (Å²) < 4.78 is 7.85. The normalized spacial score (nSPS) is 12.5. The van der Waals surface area contributed by atoms with Gasteiger partial charge in [-0.25, -0.2) is 4.98 Å². The van der Waals surface area contributed by atoms with E-state index in [-0.39, 0.29) is 18.7 Å². The van der Waals surface area contributed by atoms with E-state index in [1.54, 1.807) is 0 Å². The molecule has 0 fully saturated rings. The molecular formula is C18H20N2O3S. The van der Waals surface area contributed by atoms with Crippen molar-refractivity contribution in [2.24, 2.45) is 0 Å². The fourth-order valence-corrected chi connectivity index (χ4v) is 3.41. The smallest absolute Gasteiger partial charge is 0.271 e. The van der Waals surface area contributed by atoms with Gasteiger partial charge in [0.25, 0.3) is 5.56 Å². The van der Waals surface area contributed by atoms with Crippen LogP contribution in [-0.4, -0.2) is 27.4 Å². The van der Waals surface area contributed by atoms with Gasteiger partial charge in [-0.05, 0) is 48.9 Å². The summed E-state index contributed by atoms with van der Waals surface area (Å²) in [5.41, 5.74) is 3.81. The molecule has 3 aromatic rings. The van der Waals surface area contributed by atoms with E-state index >= 15 is 0 Å². The van der Waals surface area contributed by atoms with Crippen LogP contribution in [0.25, 0.3) is 10.2 Å². The summed E-state index contributed by atoms with van der Waals surface area (Å²) in [4.78, 5) is 16.6. The SMILES string of the molecule is Cc1ccc(C)c(OCC(O)Cn2cnc3ccsc3c2=O)c1C. The van der Waals surface area contributed by atoms with Gasteiger partial charge in [-0.1, -0.05) is 12.1 Å². The zero-order valence-corrected chi connectivity index (χ0v) is 14.8. The van der Waals surface area contributed by atoms with Crippen molar-refractivity contribution in [3.8, 4) is 5.75 Å². The second-order valence-corrected chi connectivity index (χ2v) is 6.87. The van der Waals surface area contributed by atoms with Crippen molar-refractivity contribution in [2.45, 2.75) is 33.4 Å². The summed E-state index contributed by atoms with van der Waals surface area (Å²) in [5, 5.41) is 12.1. The van der Waals surface area contributed by atoms with Crippen molar-refractivity contribution in [1.82, 2.24) is 9.55 Å². The predicted molar refractivity (Wildman–Crippen MR) is 96.0 cm³/mol. The van der Waals surface area contributed by atoms with Crippen LogP contribution in [0.1, 0.15) is 16.7 Å². The van der Waals surface area contributed by atoms with E-state index < -0.39 is 6.10 Å². The number of aliphatic hydroxyl groups excluding tert-OH is 1. The molecule has 0 saturated carbocycles. The van der Waals surface area contributed by atoms with E-state index in [2.05, 4.69) is 11.1 Å². The van der Waals surface area contributed by atoms with Gasteiger partial charge < -0.3 is 9.84 Å². The second kappa shape index (κ2) is 6.75. The number of aryl methyl sites for hydroxylation is 2. The molecule has 2 heterocycles. The molecule has 5 nitrogen and oxygen atoms in total. The molecule has 6 heteroatoms. The fraction of sp³-hybridized carbons (Fsp3) is 0.333. The molecule has 1 atom stereocenters. The molecule has 0 aliphatic heterocycles. The van der Waals surface area contributed by atoms with Crippen LogP contribution in [0.15, 0.2) is 34.7 Å². The fourth-order valence-electron chi connectivity index (χ4n) is 2.62. The highest BCUT2D eigenvalue weighted by atomic mass is 32.1. The van der Waals surface area contributed by atoms with E-state index in [4.69, 9.17) is 4.74 Å². The summed E-state index contributed by atoms with van der Waals surface area (Å²) in [5.74, 6) is 0.799. The van der Waals surface area contributed by atoms with Crippen LogP contribution in [0, 0.1) is 20.8 Å². The van der Waals surface area contributed by atoms with Crippen LogP contribution < -0.4 is 10.3 Å². The van der Waals surface area contributed by atoms with E-state index in [0.717, 1.165) is 22.4 Å². The first-order valence-electron chi connectivity index (χ1n) is 7.77. The van der Waals surface area contributed by atoms with Crippen molar-refractivity contribution < 1.29 is 9.84 Å². The van der Waals surface area contributed by atoms with Crippen molar-refractivity contribution in [1.29, 1.82) is 0 Å². The van der Waals surface area contributed by atoms with Gasteiger partial charge in [0.05, 0.1) is 18.4 Å². The molecular weight excluding hydrogens is 324 g/mol. The third-order valence-electron chi connectivity index (χ3n) is 4.14. The first-order valence-corrected chi connectivity index (χ1v) is 8.65. The van der Waals surface area contributed by atoms with Crippen LogP contribution >= 0.6 is 11.3 Å². The van der Waals surface area contributed by atoms with Crippen LogP contribution in [0.2, 0.25) is 0 Å². The molecule has 1 aromatic carbocycles. The van der Waals surface area contributed by atoms with Gasteiger partial charge in [0.15, 0.2) is 0 Å². The minimum Gasteiger partial charge on any atom is -0.490 e. The molecule has 1 unspecified atom stereocenters. The van der Waals surface area contributed by atoms with Crippen molar-refractivity contribution >= 4 is 21.6 Å². The van der Waals surface area contributed by atoms with Crippen molar-refractivity contribution in [3.63, 3.8) is 0 Å². The lowest BCUT2D eigenvalue weighted by Gasteiger charge is -2.17. The Morgan fingerprint density at radius 3 is 2.79 bits per heavy atom. The molecule has 2 aromatic heterocycles. The predicted octanol–water partition coefficient (Wildman–Crippen LogP) is 2.82. The van der Waals surface area contributed by atoms with E-state index in [0.29, 0.717) is 10.2 Å². The van der Waals surface area contributed by atoms with E-state index in [1.165, 1.54) is 22.2 Å². The Balaban J connectivity index is 1.72. The average Bonchev–Trinajstić information content (AvgIpc) is 3.03. The Kier molecular flexibility index (Phi) is 4.69. The Bertz CT molecular complexity index is 930. The van der Waals surface area contributed by atoms with Crippen molar-refractivity contribution in [3.05, 3.63) is 57.0 Å². The van der Waals surface area contributed by atoms with E-state index in [9.17, 15) is 9.90 Å². The summed E-state index contributed by atoms with van der Waals surface area (Å²) in [6.07, 6.45) is 0.685. The zero-order chi connectivity index (χ0) is 17.3. The van der Waals surface area contributed by atoms with Crippen LogP contribution in [0.5, 0.6) is 5.75 Å². The number of fused-ring (bicyclic) bond motifs is 1. The lowest BCUT2D eigenvalue weighted by molar-refractivity contribution is 0.0908. The van der Waals surface area contributed by atoms with Gasteiger partial charge in [-0.15, -0.1) is 11.3 Å². The standard InChI is InChI=1S/C18H20N2O3S/c1-11-4-5-12(2)16(13(11)3)23-9-14(21)8-20-10-19-15-6-7-24-17(15)18(20)22/h4-7,10,14,21H,8-9H2,1-3H3. The molecule has 0 amide bonds. The maximum Gasteiger partial charge on any atom is 0.271 e. The molecule has 0 aliphatic rings. The molecule has 1 N–H and O–H groups in total. The number of aromatic nitrogens is 2. The van der Waals surface area contributed by atoms with Gasteiger partial charge in [-0.3, -0.25) is 9.36 Å². The summed E-state index contributed by atoms with van der Waals surface area (Å²) in [7, 11) is 0. The lowest BCUT2D eigenvalue weighted by Crippen LogP contribution is -2.30. The lowest BCUT2D eigenvalue weighted by atomic mass is 10.1. The number of rotatable bonds is 5. The number of thiophene rings is 1. The number of aliphatic hydroxyl groups is 1. The van der Waals surface area contributed by atoms with Gasteiger partial charge in [0, 0.05) is 0 Å². The monoisotopic (exact) mass is 344 g/mol. The van der Waals surface area contributed by atoms with Crippen LogP contribution in [0.4, 0.5) is 0 Å².